The number of allylic oxidation sites excluding steroid dienone is 2. The highest BCUT2D eigenvalue weighted by molar-refractivity contribution is 8.18. The van der Waals surface area contributed by atoms with E-state index in [2.05, 4.69) is 29.0 Å². The van der Waals surface area contributed by atoms with Crippen LogP contribution in [0.1, 0.15) is 12.5 Å². The number of hydrogen-bond donors (Lipinski definition) is 3. The highest BCUT2D eigenvalue weighted by Crippen LogP contribution is 2.26. The van der Waals surface area contributed by atoms with Gasteiger partial charge in [0.05, 0.1) is 4.91 Å². The Kier molecular flexibility index (Phi) is 5.25. The maximum Gasteiger partial charge on any atom is 0.290 e. The molecule has 0 radical (unpaired) electrons. The molecular formula is C18H19N3O3S. The molecule has 0 aliphatic carbocycles. The van der Waals surface area contributed by atoms with Crippen LogP contribution in [0.25, 0.3) is 6.08 Å². The monoisotopic (exact) mass is 357 g/mol. The zero-order valence-corrected chi connectivity index (χ0v) is 14.6. The van der Waals surface area contributed by atoms with Crippen LogP contribution < -0.4 is 20.7 Å². The summed E-state index contributed by atoms with van der Waals surface area (Å²) in [4.78, 5) is 23.1. The van der Waals surface area contributed by atoms with Crippen molar-refractivity contribution in [2.45, 2.75) is 12.6 Å². The van der Waals surface area contributed by atoms with E-state index in [1.54, 1.807) is 6.08 Å². The van der Waals surface area contributed by atoms with Gasteiger partial charge in [0.15, 0.2) is 0 Å². The van der Waals surface area contributed by atoms with Gasteiger partial charge < -0.3 is 10.1 Å². The molecule has 25 heavy (non-hydrogen) atoms. The summed E-state index contributed by atoms with van der Waals surface area (Å²) in [6.07, 6.45) is 9.58. The van der Waals surface area contributed by atoms with Crippen LogP contribution in [0.5, 0.6) is 5.75 Å². The summed E-state index contributed by atoms with van der Waals surface area (Å²) in [5.74, 6) is 0.399. The van der Waals surface area contributed by atoms with Crippen molar-refractivity contribution in [3.8, 4) is 5.75 Å². The molecule has 1 atom stereocenters. The Hall–Kier alpha value is -2.51. The molecule has 2 aliphatic heterocycles. The van der Waals surface area contributed by atoms with Gasteiger partial charge in [0, 0.05) is 6.54 Å². The Bertz CT molecular complexity index is 755. The molecule has 0 saturated carbocycles. The number of rotatable bonds is 6. The number of dihydropyridines is 1. The smallest absolute Gasteiger partial charge is 0.290 e. The standard InChI is InChI=1S/C18H19N3O3S/c1-18(8-2-3-9-19-18)20-10-11-24-14-6-4-13(5-7-14)12-15-16(22)21-17(23)25-15/h2-9,12,19-20H,10-11H2,1H3,(H,21,22,23)/b15-12+. The van der Waals surface area contributed by atoms with E-state index in [0.29, 0.717) is 18.1 Å². The molecule has 1 aromatic rings. The first-order chi connectivity index (χ1) is 12.0. The maximum absolute atomic E-state index is 11.5. The van der Waals surface area contributed by atoms with Crippen LogP contribution in [-0.4, -0.2) is 30.0 Å². The normalized spacial score (nSPS) is 23.6. The van der Waals surface area contributed by atoms with Crippen molar-refractivity contribution >= 4 is 29.0 Å². The van der Waals surface area contributed by atoms with Gasteiger partial charge in [0.2, 0.25) is 0 Å². The summed E-state index contributed by atoms with van der Waals surface area (Å²) in [7, 11) is 0. The van der Waals surface area contributed by atoms with Crippen LogP contribution in [0.3, 0.4) is 0 Å². The van der Waals surface area contributed by atoms with E-state index in [-0.39, 0.29) is 16.8 Å². The lowest BCUT2D eigenvalue weighted by molar-refractivity contribution is -0.115. The van der Waals surface area contributed by atoms with Gasteiger partial charge >= 0.3 is 0 Å². The summed E-state index contributed by atoms with van der Waals surface area (Å²) in [5.41, 5.74) is 0.583. The van der Waals surface area contributed by atoms with Gasteiger partial charge in [-0.25, -0.2) is 0 Å². The van der Waals surface area contributed by atoms with E-state index >= 15 is 0 Å². The number of nitrogens with one attached hydrogen (secondary N) is 3. The number of imide groups is 1. The Labute approximate surface area is 150 Å². The molecule has 3 N–H and O–H groups in total. The Balaban J connectivity index is 1.47. The molecule has 1 unspecified atom stereocenters. The van der Waals surface area contributed by atoms with E-state index in [9.17, 15) is 9.59 Å². The Morgan fingerprint density at radius 2 is 2.04 bits per heavy atom. The van der Waals surface area contributed by atoms with Crippen LogP contribution in [-0.2, 0) is 4.79 Å². The van der Waals surface area contributed by atoms with Gasteiger partial charge in [-0.05, 0) is 60.8 Å². The molecule has 1 saturated heterocycles. The minimum absolute atomic E-state index is 0.259. The van der Waals surface area contributed by atoms with Gasteiger partial charge in [0.25, 0.3) is 11.1 Å². The fourth-order valence-corrected chi connectivity index (χ4v) is 3.08. The van der Waals surface area contributed by atoms with Crippen LogP contribution in [0.2, 0.25) is 0 Å². The summed E-state index contributed by atoms with van der Waals surface area (Å²) < 4.78 is 5.71. The first kappa shape index (κ1) is 17.3. The van der Waals surface area contributed by atoms with E-state index < -0.39 is 0 Å². The molecule has 3 rings (SSSR count). The predicted molar refractivity (Wildman–Crippen MR) is 98.9 cm³/mol. The van der Waals surface area contributed by atoms with Crippen molar-refractivity contribution in [2.75, 3.05) is 13.2 Å². The number of thioether (sulfide) groups is 1. The number of benzene rings is 1. The van der Waals surface area contributed by atoms with Crippen molar-refractivity contribution in [3.63, 3.8) is 0 Å². The van der Waals surface area contributed by atoms with E-state index in [1.807, 2.05) is 42.6 Å². The third kappa shape index (κ3) is 4.74. The second-order valence-electron chi connectivity index (χ2n) is 5.76. The maximum atomic E-state index is 11.5. The first-order valence-corrected chi connectivity index (χ1v) is 8.71. The summed E-state index contributed by atoms with van der Waals surface area (Å²) in [6, 6.07) is 7.39. The van der Waals surface area contributed by atoms with Crippen molar-refractivity contribution in [2.24, 2.45) is 0 Å². The van der Waals surface area contributed by atoms with Crippen LogP contribution in [0.4, 0.5) is 4.79 Å². The van der Waals surface area contributed by atoms with Crippen molar-refractivity contribution in [1.82, 2.24) is 16.0 Å². The van der Waals surface area contributed by atoms with Crippen LogP contribution in [0, 0.1) is 0 Å². The minimum Gasteiger partial charge on any atom is -0.492 e. The molecule has 0 bridgehead atoms. The molecule has 7 heteroatoms. The van der Waals surface area contributed by atoms with Crippen LogP contribution in [0.15, 0.2) is 53.6 Å². The van der Waals surface area contributed by atoms with Gasteiger partial charge in [-0.1, -0.05) is 18.2 Å². The highest BCUT2D eigenvalue weighted by Gasteiger charge is 2.24. The molecule has 130 valence electrons. The Morgan fingerprint density at radius 1 is 1.24 bits per heavy atom. The number of ether oxygens (including phenoxy) is 1. The van der Waals surface area contributed by atoms with E-state index in [1.165, 1.54) is 0 Å². The fraction of sp³-hybridized carbons (Fsp3) is 0.222. The SMILES string of the molecule is CC1(NCCOc2ccc(/C=C3/SC(=O)NC3=O)cc2)C=CC=CN1. The molecule has 6 nitrogen and oxygen atoms in total. The lowest BCUT2D eigenvalue weighted by Gasteiger charge is -2.29. The minimum atomic E-state index is -0.352. The number of hydrogen-bond acceptors (Lipinski definition) is 6. The number of amides is 2. The third-order valence-corrected chi connectivity index (χ3v) is 4.51. The largest absolute Gasteiger partial charge is 0.492 e. The molecular weight excluding hydrogens is 338 g/mol. The number of carbonyl (C=O) groups is 2. The zero-order chi connectivity index (χ0) is 17.7. The van der Waals surface area contributed by atoms with Gasteiger partial charge in [-0.15, -0.1) is 0 Å². The van der Waals surface area contributed by atoms with E-state index in [0.717, 1.165) is 23.1 Å². The summed E-state index contributed by atoms with van der Waals surface area (Å²) in [6.45, 7) is 3.27. The highest BCUT2D eigenvalue weighted by atomic mass is 32.2. The fourth-order valence-electron chi connectivity index (χ4n) is 2.40. The van der Waals surface area contributed by atoms with Crippen LogP contribution >= 0.6 is 11.8 Å². The third-order valence-electron chi connectivity index (χ3n) is 3.70. The van der Waals surface area contributed by atoms with Crippen molar-refractivity contribution < 1.29 is 14.3 Å². The molecule has 0 aromatic heterocycles. The lowest BCUT2D eigenvalue weighted by Crippen LogP contribution is -2.52. The molecule has 0 spiro atoms. The second kappa shape index (κ2) is 7.58. The molecule has 2 heterocycles. The molecule has 1 fully saturated rings. The lowest BCUT2D eigenvalue weighted by atomic mass is 10.1. The molecule has 1 aromatic carbocycles. The van der Waals surface area contributed by atoms with Gasteiger partial charge in [0.1, 0.15) is 18.0 Å². The Morgan fingerprint density at radius 3 is 2.68 bits per heavy atom. The second-order valence-corrected chi connectivity index (χ2v) is 6.78. The quantitative estimate of drug-likeness (QED) is 0.536. The first-order valence-electron chi connectivity index (χ1n) is 7.89. The summed E-state index contributed by atoms with van der Waals surface area (Å²) in [5, 5.41) is 8.51. The summed E-state index contributed by atoms with van der Waals surface area (Å²) >= 11 is 0.908. The molecule has 2 aliphatic rings. The number of carbonyl (C=O) groups excluding carboxylic acids is 2. The topological polar surface area (TPSA) is 79.5 Å². The predicted octanol–water partition coefficient (Wildman–Crippen LogP) is 2.37. The average Bonchev–Trinajstić information content (AvgIpc) is 2.91. The van der Waals surface area contributed by atoms with Gasteiger partial charge in [-0.3, -0.25) is 20.2 Å². The molecule has 2 amide bonds. The zero-order valence-electron chi connectivity index (χ0n) is 13.7. The van der Waals surface area contributed by atoms with Crippen molar-refractivity contribution in [3.05, 3.63) is 59.2 Å². The van der Waals surface area contributed by atoms with Crippen molar-refractivity contribution in [1.29, 1.82) is 0 Å². The van der Waals surface area contributed by atoms with Gasteiger partial charge in [-0.2, -0.15) is 0 Å². The average molecular weight is 357 g/mol. The van der Waals surface area contributed by atoms with E-state index in [4.69, 9.17) is 4.74 Å².